The van der Waals surface area contributed by atoms with Crippen LogP contribution in [0, 0.1) is 6.92 Å². The highest BCUT2D eigenvalue weighted by atomic mass is 16.5. The van der Waals surface area contributed by atoms with Crippen LogP contribution in [0.3, 0.4) is 0 Å². The monoisotopic (exact) mass is 306 g/mol. The molecule has 0 atom stereocenters. The van der Waals surface area contributed by atoms with E-state index in [0.29, 0.717) is 17.4 Å². The Morgan fingerprint density at radius 2 is 2.13 bits per heavy atom. The molecule has 1 aromatic carbocycles. The second kappa shape index (κ2) is 6.65. The Morgan fingerprint density at radius 1 is 1.22 bits per heavy atom. The molecule has 0 aliphatic rings. The molecule has 6 heteroatoms. The number of carbonyl (C=O) groups is 1. The number of carbonyl (C=O) groups excluding carboxylic acids is 1. The molecule has 0 saturated carbocycles. The molecule has 2 aromatic heterocycles. The maximum atomic E-state index is 12.0. The molecule has 3 rings (SSSR count). The smallest absolute Gasteiger partial charge is 0.248 e. The Hall–Kier alpha value is -3.28. The summed E-state index contributed by atoms with van der Waals surface area (Å²) in [5, 5.41) is 6.65. The minimum absolute atomic E-state index is 0.239. The zero-order chi connectivity index (χ0) is 16.1. The van der Waals surface area contributed by atoms with Crippen LogP contribution in [0.5, 0.6) is 0 Å². The maximum absolute atomic E-state index is 12.0. The summed E-state index contributed by atoms with van der Waals surface area (Å²) in [4.78, 5) is 20.2. The lowest BCUT2D eigenvalue weighted by atomic mass is 10.2. The van der Waals surface area contributed by atoms with Crippen LogP contribution in [0.25, 0.3) is 17.5 Å². The van der Waals surface area contributed by atoms with Crippen molar-refractivity contribution in [3.63, 3.8) is 0 Å². The van der Waals surface area contributed by atoms with Gasteiger partial charge < -0.3 is 9.84 Å². The first-order valence-electron chi connectivity index (χ1n) is 7.01. The third-order valence-electron chi connectivity index (χ3n) is 3.01. The Balaban J connectivity index is 1.70. The molecule has 1 N–H and O–H groups in total. The normalized spacial score (nSPS) is 10.8. The van der Waals surface area contributed by atoms with Crippen molar-refractivity contribution >= 4 is 17.7 Å². The van der Waals surface area contributed by atoms with Gasteiger partial charge in [0.25, 0.3) is 0 Å². The molecular formula is C17H14N4O2. The zero-order valence-corrected chi connectivity index (χ0v) is 12.4. The van der Waals surface area contributed by atoms with E-state index in [-0.39, 0.29) is 5.91 Å². The van der Waals surface area contributed by atoms with Crippen molar-refractivity contribution in [3.05, 3.63) is 66.3 Å². The van der Waals surface area contributed by atoms with E-state index in [1.807, 2.05) is 30.3 Å². The summed E-state index contributed by atoms with van der Waals surface area (Å²) in [6, 6.07) is 12.8. The number of aryl methyl sites for hydroxylation is 1. The standard InChI is InChI=1S/C17H14N4O2/c1-12-19-17(21-23-12)13-5-4-7-15(11-13)20-16(22)9-8-14-6-2-3-10-18-14/h2-11H,1H3,(H,20,22). The molecule has 0 spiro atoms. The Kier molecular flexibility index (Phi) is 4.24. The second-order valence-electron chi connectivity index (χ2n) is 4.79. The molecule has 6 nitrogen and oxygen atoms in total. The van der Waals surface area contributed by atoms with Gasteiger partial charge in [-0.05, 0) is 30.3 Å². The van der Waals surface area contributed by atoms with Crippen LogP contribution in [0.15, 0.2) is 59.3 Å². The third kappa shape index (κ3) is 3.88. The highest BCUT2D eigenvalue weighted by Gasteiger charge is 2.07. The largest absolute Gasteiger partial charge is 0.339 e. The summed E-state index contributed by atoms with van der Waals surface area (Å²) >= 11 is 0. The van der Waals surface area contributed by atoms with Gasteiger partial charge in [-0.1, -0.05) is 23.4 Å². The molecule has 0 saturated heterocycles. The maximum Gasteiger partial charge on any atom is 0.248 e. The van der Waals surface area contributed by atoms with Gasteiger partial charge in [0, 0.05) is 30.4 Å². The molecule has 0 aliphatic carbocycles. The van der Waals surface area contributed by atoms with Gasteiger partial charge >= 0.3 is 0 Å². The van der Waals surface area contributed by atoms with Gasteiger partial charge in [0.05, 0.1) is 5.69 Å². The van der Waals surface area contributed by atoms with Crippen LogP contribution < -0.4 is 5.32 Å². The highest BCUT2D eigenvalue weighted by molar-refractivity contribution is 6.02. The minimum atomic E-state index is -0.239. The van der Waals surface area contributed by atoms with Gasteiger partial charge in [0.15, 0.2) is 0 Å². The van der Waals surface area contributed by atoms with Gasteiger partial charge in [-0.2, -0.15) is 4.98 Å². The van der Waals surface area contributed by atoms with Crippen molar-refractivity contribution in [2.45, 2.75) is 6.92 Å². The van der Waals surface area contributed by atoms with Crippen LogP contribution in [0.4, 0.5) is 5.69 Å². The molecule has 23 heavy (non-hydrogen) atoms. The fraction of sp³-hybridized carbons (Fsp3) is 0.0588. The number of hydrogen-bond donors (Lipinski definition) is 1. The molecule has 0 fully saturated rings. The lowest BCUT2D eigenvalue weighted by Crippen LogP contribution is -2.07. The topological polar surface area (TPSA) is 80.9 Å². The van der Waals surface area contributed by atoms with Crippen LogP contribution in [0.1, 0.15) is 11.6 Å². The van der Waals surface area contributed by atoms with Gasteiger partial charge in [0.2, 0.25) is 17.6 Å². The molecule has 0 unspecified atom stereocenters. The summed E-state index contributed by atoms with van der Waals surface area (Å²) in [7, 11) is 0. The zero-order valence-electron chi connectivity index (χ0n) is 12.4. The first kappa shape index (κ1) is 14.6. The van der Waals surface area contributed by atoms with Crippen molar-refractivity contribution < 1.29 is 9.32 Å². The first-order chi connectivity index (χ1) is 11.2. The fourth-order valence-corrected chi connectivity index (χ4v) is 1.97. The molecular weight excluding hydrogens is 292 g/mol. The third-order valence-corrected chi connectivity index (χ3v) is 3.01. The number of anilines is 1. The van der Waals surface area contributed by atoms with E-state index in [1.54, 1.807) is 31.3 Å². The van der Waals surface area contributed by atoms with Gasteiger partial charge in [-0.15, -0.1) is 0 Å². The quantitative estimate of drug-likeness (QED) is 0.749. The van der Waals surface area contributed by atoms with Crippen molar-refractivity contribution in [3.8, 4) is 11.4 Å². The number of benzene rings is 1. The number of pyridine rings is 1. The number of amides is 1. The van der Waals surface area contributed by atoms with E-state index < -0.39 is 0 Å². The SMILES string of the molecule is Cc1nc(-c2cccc(NC(=O)C=Cc3ccccn3)c2)no1. The molecule has 0 aliphatic heterocycles. The van der Waals surface area contributed by atoms with Crippen molar-refractivity contribution in [1.29, 1.82) is 0 Å². The summed E-state index contributed by atoms with van der Waals surface area (Å²) < 4.78 is 4.96. The fourth-order valence-electron chi connectivity index (χ4n) is 1.97. The predicted octanol–water partition coefficient (Wildman–Crippen LogP) is 3.09. The van der Waals surface area contributed by atoms with E-state index in [4.69, 9.17) is 4.52 Å². The highest BCUT2D eigenvalue weighted by Crippen LogP contribution is 2.19. The predicted molar refractivity (Wildman–Crippen MR) is 86.4 cm³/mol. The average Bonchev–Trinajstić information content (AvgIpc) is 3.01. The Labute approximate surface area is 132 Å². The number of aromatic nitrogens is 3. The van der Waals surface area contributed by atoms with Gasteiger partial charge in [0.1, 0.15) is 0 Å². The van der Waals surface area contributed by atoms with Crippen molar-refractivity contribution in [2.75, 3.05) is 5.32 Å². The van der Waals surface area contributed by atoms with E-state index in [2.05, 4.69) is 20.4 Å². The number of rotatable bonds is 4. The average molecular weight is 306 g/mol. The number of hydrogen-bond acceptors (Lipinski definition) is 5. The van der Waals surface area contributed by atoms with Crippen molar-refractivity contribution in [1.82, 2.24) is 15.1 Å². The summed E-state index contributed by atoms with van der Waals surface area (Å²) in [5.41, 5.74) is 2.15. The van der Waals surface area contributed by atoms with Crippen LogP contribution in [-0.2, 0) is 4.79 Å². The van der Waals surface area contributed by atoms with Crippen LogP contribution >= 0.6 is 0 Å². The van der Waals surface area contributed by atoms with Gasteiger partial charge in [-0.25, -0.2) is 0 Å². The van der Waals surface area contributed by atoms with Crippen molar-refractivity contribution in [2.24, 2.45) is 0 Å². The lowest BCUT2D eigenvalue weighted by molar-refractivity contribution is -0.111. The molecule has 1 amide bonds. The molecule has 3 aromatic rings. The molecule has 0 bridgehead atoms. The first-order valence-corrected chi connectivity index (χ1v) is 7.01. The number of nitrogens with zero attached hydrogens (tertiary/aromatic N) is 3. The Morgan fingerprint density at radius 3 is 2.87 bits per heavy atom. The Bertz CT molecular complexity index is 841. The molecule has 114 valence electrons. The lowest BCUT2D eigenvalue weighted by Gasteiger charge is -2.03. The summed E-state index contributed by atoms with van der Waals surface area (Å²) in [5.74, 6) is 0.743. The van der Waals surface area contributed by atoms with Gasteiger partial charge in [-0.3, -0.25) is 9.78 Å². The van der Waals surface area contributed by atoms with E-state index >= 15 is 0 Å². The van der Waals surface area contributed by atoms with E-state index in [9.17, 15) is 4.79 Å². The summed E-state index contributed by atoms with van der Waals surface area (Å²) in [6.45, 7) is 1.73. The van der Waals surface area contributed by atoms with E-state index in [1.165, 1.54) is 6.08 Å². The second-order valence-corrected chi connectivity index (χ2v) is 4.79. The number of nitrogens with one attached hydrogen (secondary N) is 1. The summed E-state index contributed by atoms with van der Waals surface area (Å²) in [6.07, 6.45) is 4.77. The molecule has 0 radical (unpaired) electrons. The minimum Gasteiger partial charge on any atom is -0.339 e. The van der Waals surface area contributed by atoms with Crippen LogP contribution in [0.2, 0.25) is 0 Å². The molecule has 2 heterocycles. The van der Waals surface area contributed by atoms with Crippen LogP contribution in [-0.4, -0.2) is 21.0 Å². The van der Waals surface area contributed by atoms with E-state index in [0.717, 1.165) is 11.3 Å².